The van der Waals surface area contributed by atoms with Crippen LogP contribution in [-0.2, 0) is 0 Å². The maximum atomic E-state index is 10.2. The van der Waals surface area contributed by atoms with E-state index < -0.39 is 0 Å². The maximum absolute atomic E-state index is 10.2. The summed E-state index contributed by atoms with van der Waals surface area (Å²) in [6.45, 7) is 0. The number of methoxy groups -OCH3 is 1. The van der Waals surface area contributed by atoms with Crippen molar-refractivity contribution in [3.8, 4) is 22.8 Å². The van der Waals surface area contributed by atoms with Crippen LogP contribution in [0.15, 0.2) is 69.4 Å². The Balaban J connectivity index is 1.65. The molecule has 6 heteroatoms. The minimum absolute atomic E-state index is 0.202. The molecule has 3 aromatic carbocycles. The Morgan fingerprint density at radius 3 is 2.81 bits per heavy atom. The van der Waals surface area contributed by atoms with Gasteiger partial charge in [-0.15, -0.1) is 11.3 Å². The van der Waals surface area contributed by atoms with Crippen LogP contribution in [0.1, 0.15) is 5.56 Å². The van der Waals surface area contributed by atoms with Gasteiger partial charge in [-0.3, -0.25) is 0 Å². The first-order chi connectivity index (χ1) is 13.2. The topological polar surface area (TPSA) is 54.7 Å². The zero-order valence-corrected chi connectivity index (χ0v) is 16.8. The molecule has 0 saturated heterocycles. The molecule has 134 valence electrons. The van der Waals surface area contributed by atoms with E-state index in [1.54, 1.807) is 19.4 Å². The lowest BCUT2D eigenvalue weighted by atomic mass is 10.0. The second-order valence-electron chi connectivity index (χ2n) is 5.84. The van der Waals surface area contributed by atoms with Crippen LogP contribution in [0.25, 0.3) is 22.0 Å². The summed E-state index contributed by atoms with van der Waals surface area (Å²) in [5, 5.41) is 14.8. The van der Waals surface area contributed by atoms with Crippen LogP contribution in [0.5, 0.6) is 11.5 Å². The lowest BCUT2D eigenvalue weighted by Crippen LogP contribution is -1.86. The molecule has 0 saturated carbocycles. The fourth-order valence-corrected chi connectivity index (χ4v) is 4.03. The molecule has 0 aliphatic rings. The van der Waals surface area contributed by atoms with Crippen LogP contribution in [0.2, 0.25) is 0 Å². The normalized spacial score (nSPS) is 11.3. The minimum Gasteiger partial charge on any atom is -0.507 e. The third-order valence-corrected chi connectivity index (χ3v) is 5.56. The molecule has 0 aliphatic carbocycles. The van der Waals surface area contributed by atoms with E-state index in [9.17, 15) is 5.11 Å². The van der Waals surface area contributed by atoms with Crippen LogP contribution in [0.3, 0.4) is 0 Å². The van der Waals surface area contributed by atoms with E-state index >= 15 is 0 Å². The number of aromatic nitrogens is 1. The molecule has 0 amide bonds. The highest BCUT2D eigenvalue weighted by atomic mass is 79.9. The number of rotatable bonds is 4. The van der Waals surface area contributed by atoms with Crippen molar-refractivity contribution in [2.75, 3.05) is 7.11 Å². The highest BCUT2D eigenvalue weighted by Gasteiger charge is 2.08. The zero-order valence-electron chi connectivity index (χ0n) is 14.4. The summed E-state index contributed by atoms with van der Waals surface area (Å²) in [5.74, 6) is 0.979. The largest absolute Gasteiger partial charge is 0.507 e. The molecule has 0 spiro atoms. The smallest absolute Gasteiger partial charge is 0.209 e. The van der Waals surface area contributed by atoms with E-state index in [0.717, 1.165) is 32.3 Å². The van der Waals surface area contributed by atoms with Crippen LogP contribution in [-0.4, -0.2) is 23.4 Å². The number of benzene rings is 3. The standard InChI is InChI=1S/C21H15BrN2O2S/c1-26-20-9-7-14(10-17(20)22)18-12-27-21(24-18)23-11-16-15-5-3-2-4-13(15)6-8-19(16)25/h2-12,25H,1H3/b23-11+. The fraction of sp³-hybridized carbons (Fsp3) is 0.0476. The quantitative estimate of drug-likeness (QED) is 0.386. The molecule has 4 rings (SSSR count). The molecule has 0 atom stereocenters. The molecule has 0 unspecified atom stereocenters. The molecule has 0 radical (unpaired) electrons. The predicted octanol–water partition coefficient (Wildman–Crippen LogP) is 6.19. The van der Waals surface area contributed by atoms with Gasteiger partial charge >= 0.3 is 0 Å². The lowest BCUT2D eigenvalue weighted by Gasteiger charge is -2.04. The van der Waals surface area contributed by atoms with Gasteiger partial charge in [-0.2, -0.15) is 0 Å². The van der Waals surface area contributed by atoms with Crippen molar-refractivity contribution >= 4 is 49.4 Å². The third kappa shape index (κ3) is 3.59. The Bertz CT molecular complexity index is 1150. The van der Waals surface area contributed by atoms with E-state index in [-0.39, 0.29) is 5.75 Å². The van der Waals surface area contributed by atoms with Gasteiger partial charge in [0.2, 0.25) is 5.13 Å². The monoisotopic (exact) mass is 438 g/mol. The van der Waals surface area contributed by atoms with Gasteiger partial charge in [0, 0.05) is 22.7 Å². The second kappa shape index (κ2) is 7.50. The van der Waals surface area contributed by atoms with Crippen molar-refractivity contribution in [2.24, 2.45) is 4.99 Å². The minimum atomic E-state index is 0.202. The van der Waals surface area contributed by atoms with Gasteiger partial charge in [-0.1, -0.05) is 30.3 Å². The molecule has 4 nitrogen and oxygen atoms in total. The molecule has 0 bridgehead atoms. The average Bonchev–Trinajstić information content (AvgIpc) is 3.16. The van der Waals surface area contributed by atoms with Gasteiger partial charge in [-0.25, -0.2) is 9.98 Å². The zero-order chi connectivity index (χ0) is 18.8. The number of thiazole rings is 1. The summed E-state index contributed by atoms with van der Waals surface area (Å²) in [5.41, 5.74) is 2.52. The van der Waals surface area contributed by atoms with E-state index in [4.69, 9.17) is 4.74 Å². The van der Waals surface area contributed by atoms with E-state index in [1.165, 1.54) is 11.3 Å². The summed E-state index contributed by atoms with van der Waals surface area (Å²) in [7, 11) is 1.64. The number of phenols is 1. The third-order valence-electron chi connectivity index (χ3n) is 4.19. The molecule has 1 heterocycles. The first kappa shape index (κ1) is 17.7. The molecule has 1 N–H and O–H groups in total. The summed E-state index contributed by atoms with van der Waals surface area (Å²) in [6, 6.07) is 17.3. The number of aromatic hydroxyl groups is 1. The maximum Gasteiger partial charge on any atom is 0.209 e. The highest BCUT2D eigenvalue weighted by molar-refractivity contribution is 9.10. The Morgan fingerprint density at radius 1 is 1.15 bits per heavy atom. The Hall–Kier alpha value is -2.70. The van der Waals surface area contributed by atoms with Crippen LogP contribution >= 0.6 is 27.3 Å². The van der Waals surface area contributed by atoms with Gasteiger partial charge in [0.25, 0.3) is 0 Å². The van der Waals surface area contributed by atoms with Crippen LogP contribution < -0.4 is 4.74 Å². The Morgan fingerprint density at radius 2 is 2.00 bits per heavy atom. The van der Waals surface area contributed by atoms with Crippen molar-refractivity contribution in [3.05, 3.63) is 70.0 Å². The lowest BCUT2D eigenvalue weighted by molar-refractivity contribution is 0.412. The second-order valence-corrected chi connectivity index (χ2v) is 7.53. The van der Waals surface area contributed by atoms with E-state index in [2.05, 4.69) is 25.9 Å². The van der Waals surface area contributed by atoms with E-state index in [0.29, 0.717) is 10.7 Å². The number of hydrogen-bond donors (Lipinski definition) is 1. The molecule has 0 aliphatic heterocycles. The van der Waals surface area contributed by atoms with Crippen molar-refractivity contribution in [1.29, 1.82) is 0 Å². The first-order valence-electron chi connectivity index (χ1n) is 8.20. The summed E-state index contributed by atoms with van der Waals surface area (Å²) < 4.78 is 6.14. The van der Waals surface area contributed by atoms with Gasteiger partial charge in [-0.05, 0) is 51.0 Å². The molecular formula is C21H15BrN2O2S. The number of phenolic OH excluding ortho intramolecular Hbond substituents is 1. The molecule has 1 aromatic heterocycles. The number of fused-ring (bicyclic) bond motifs is 1. The van der Waals surface area contributed by atoms with Gasteiger partial charge in [0.05, 0.1) is 17.3 Å². The SMILES string of the molecule is COc1ccc(-c2csc(/N=C/c3c(O)ccc4ccccc34)n2)cc1Br. The average molecular weight is 439 g/mol. The molecule has 4 aromatic rings. The summed E-state index contributed by atoms with van der Waals surface area (Å²) in [6.07, 6.45) is 1.67. The van der Waals surface area contributed by atoms with Crippen molar-refractivity contribution in [3.63, 3.8) is 0 Å². The van der Waals surface area contributed by atoms with Crippen LogP contribution in [0, 0.1) is 0 Å². The Labute approximate surface area is 168 Å². The number of hydrogen-bond acceptors (Lipinski definition) is 5. The van der Waals surface area contributed by atoms with Crippen molar-refractivity contribution in [1.82, 2.24) is 4.98 Å². The van der Waals surface area contributed by atoms with Gasteiger partial charge in [0.15, 0.2) is 0 Å². The number of ether oxygens (including phenoxy) is 1. The summed E-state index contributed by atoms with van der Waals surface area (Å²) >= 11 is 4.95. The number of halogens is 1. The van der Waals surface area contributed by atoms with Gasteiger partial charge < -0.3 is 9.84 Å². The van der Waals surface area contributed by atoms with Crippen molar-refractivity contribution < 1.29 is 9.84 Å². The Kier molecular flexibility index (Phi) is 4.92. The van der Waals surface area contributed by atoms with Crippen LogP contribution in [0.4, 0.5) is 5.13 Å². The predicted molar refractivity (Wildman–Crippen MR) is 115 cm³/mol. The molecule has 0 fully saturated rings. The fourth-order valence-electron chi connectivity index (χ4n) is 2.82. The van der Waals surface area contributed by atoms with Crippen molar-refractivity contribution in [2.45, 2.75) is 0 Å². The number of aliphatic imine (C=N–C) groups is 1. The molecular weight excluding hydrogens is 424 g/mol. The summed E-state index contributed by atoms with van der Waals surface area (Å²) in [4.78, 5) is 9.05. The highest BCUT2D eigenvalue weighted by Crippen LogP contribution is 2.33. The van der Waals surface area contributed by atoms with E-state index in [1.807, 2.05) is 53.9 Å². The molecule has 27 heavy (non-hydrogen) atoms. The van der Waals surface area contributed by atoms with Gasteiger partial charge in [0.1, 0.15) is 11.5 Å². The first-order valence-corrected chi connectivity index (χ1v) is 9.87. The number of nitrogens with zero attached hydrogens (tertiary/aromatic N) is 2.